The summed E-state index contributed by atoms with van der Waals surface area (Å²) in [5.74, 6) is 0.941. The summed E-state index contributed by atoms with van der Waals surface area (Å²) in [4.78, 5) is 4.03. The van der Waals surface area contributed by atoms with Gasteiger partial charge in [-0.25, -0.2) is 0 Å². The maximum atomic E-state index is 5.84. The van der Waals surface area contributed by atoms with Crippen LogP contribution in [0.15, 0.2) is 93.5 Å². The summed E-state index contributed by atoms with van der Waals surface area (Å²) in [6.07, 6.45) is 0.191. The predicted molar refractivity (Wildman–Crippen MR) is 102 cm³/mol. The number of aryl methyl sites for hydroxylation is 1. The van der Waals surface area contributed by atoms with Crippen LogP contribution in [0, 0.1) is 6.92 Å². The van der Waals surface area contributed by atoms with Crippen LogP contribution in [0.4, 0.5) is 0 Å². The van der Waals surface area contributed by atoms with Crippen molar-refractivity contribution in [3.8, 4) is 5.75 Å². The van der Waals surface area contributed by atoms with Crippen LogP contribution in [0.3, 0.4) is 0 Å². The molecule has 0 unspecified atom stereocenters. The Bertz CT molecular complexity index is 742. The summed E-state index contributed by atoms with van der Waals surface area (Å²) >= 11 is 0. The van der Waals surface area contributed by atoms with Crippen LogP contribution in [0.2, 0.25) is 0 Å². The summed E-state index contributed by atoms with van der Waals surface area (Å²) in [7, 11) is -0.103. The van der Waals surface area contributed by atoms with Crippen molar-refractivity contribution in [3.05, 3.63) is 84.4 Å². The van der Waals surface area contributed by atoms with Crippen LogP contribution in [0.25, 0.3) is 0 Å². The van der Waals surface area contributed by atoms with E-state index in [0.717, 1.165) is 5.75 Å². The van der Waals surface area contributed by atoms with E-state index in [9.17, 15) is 0 Å². The molecule has 0 fully saturated rings. The second-order valence-electron chi connectivity index (χ2n) is 6.03. The summed E-state index contributed by atoms with van der Waals surface area (Å²) in [6, 6.07) is 27.9. The van der Waals surface area contributed by atoms with Gasteiger partial charge in [-0.15, -0.1) is 0 Å². The van der Waals surface area contributed by atoms with Crippen LogP contribution in [-0.4, -0.2) is 6.10 Å². The summed E-state index contributed by atoms with van der Waals surface area (Å²) in [5, 5.41) is 0. The van der Waals surface area contributed by atoms with E-state index < -0.39 is 0 Å². The maximum Gasteiger partial charge on any atom is 0.169 e. The highest BCUT2D eigenvalue weighted by molar-refractivity contribution is 7.97. The Morgan fingerprint density at radius 1 is 0.750 bits per heavy atom. The van der Waals surface area contributed by atoms with Gasteiger partial charge in [0.05, 0.1) is 17.0 Å². The third kappa shape index (κ3) is 3.82. The van der Waals surface area contributed by atoms with E-state index in [4.69, 9.17) is 4.74 Å². The van der Waals surface area contributed by atoms with Crippen molar-refractivity contribution in [2.75, 3.05) is 0 Å². The van der Waals surface area contributed by atoms with Gasteiger partial charge in [0.25, 0.3) is 0 Å². The molecule has 0 saturated carbocycles. The molecular weight excluding hydrogens is 312 g/mol. The Hall–Kier alpha value is -2.19. The van der Waals surface area contributed by atoms with Crippen molar-refractivity contribution >= 4 is 10.9 Å². The van der Waals surface area contributed by atoms with Gasteiger partial charge >= 0.3 is 0 Å². The Kier molecular flexibility index (Phi) is 5.27. The van der Waals surface area contributed by atoms with E-state index in [1.165, 1.54) is 20.2 Å². The second-order valence-corrected chi connectivity index (χ2v) is 8.02. The van der Waals surface area contributed by atoms with E-state index >= 15 is 0 Å². The van der Waals surface area contributed by atoms with Crippen LogP contribution >= 0.6 is 0 Å². The van der Waals surface area contributed by atoms with Crippen LogP contribution < -0.4 is 4.74 Å². The molecule has 122 valence electrons. The Labute approximate surface area is 147 Å². The molecule has 0 saturated heterocycles. The van der Waals surface area contributed by atoms with E-state index in [0.29, 0.717) is 0 Å². The van der Waals surface area contributed by atoms with Crippen LogP contribution in [-0.2, 0) is 10.9 Å². The minimum absolute atomic E-state index is 0.103. The standard InChI is InChI=1S/C22H23OS/c1-17(2)23-19-14-15-22(18(3)16-19)24(20-10-6-4-7-11-20)21-12-8-5-9-13-21/h4-17H,1-3H3/q+1. The lowest BCUT2D eigenvalue weighted by Gasteiger charge is -2.13. The zero-order chi connectivity index (χ0) is 16.9. The average Bonchev–Trinajstić information content (AvgIpc) is 2.58. The van der Waals surface area contributed by atoms with Gasteiger partial charge in [-0.05, 0) is 63.2 Å². The third-order valence-electron chi connectivity index (χ3n) is 3.70. The summed E-state index contributed by atoms with van der Waals surface area (Å²) in [5.41, 5.74) is 1.27. The van der Waals surface area contributed by atoms with Crippen molar-refractivity contribution in [1.29, 1.82) is 0 Å². The molecule has 2 heteroatoms. The molecule has 0 spiro atoms. The number of hydrogen-bond donors (Lipinski definition) is 0. The third-order valence-corrected chi connectivity index (χ3v) is 6.08. The Morgan fingerprint density at radius 2 is 1.29 bits per heavy atom. The van der Waals surface area contributed by atoms with Crippen LogP contribution in [0.5, 0.6) is 5.75 Å². The summed E-state index contributed by atoms with van der Waals surface area (Å²) in [6.45, 7) is 6.29. The maximum absolute atomic E-state index is 5.84. The molecular formula is C22H23OS+. The first-order valence-corrected chi connectivity index (χ1v) is 9.49. The topological polar surface area (TPSA) is 9.23 Å². The van der Waals surface area contributed by atoms with E-state index in [2.05, 4.69) is 99.6 Å². The van der Waals surface area contributed by atoms with Gasteiger partial charge in [-0.3, -0.25) is 0 Å². The van der Waals surface area contributed by atoms with Gasteiger partial charge in [0.1, 0.15) is 5.75 Å². The quantitative estimate of drug-likeness (QED) is 0.529. The monoisotopic (exact) mass is 335 g/mol. The molecule has 0 heterocycles. The van der Waals surface area contributed by atoms with E-state index in [-0.39, 0.29) is 17.0 Å². The Balaban J connectivity index is 2.07. The smallest absolute Gasteiger partial charge is 0.169 e. The minimum Gasteiger partial charge on any atom is -0.491 e. The molecule has 0 aromatic heterocycles. The molecule has 0 aliphatic rings. The second kappa shape index (κ2) is 7.59. The lowest BCUT2D eigenvalue weighted by atomic mass is 10.2. The molecule has 0 aliphatic carbocycles. The van der Waals surface area contributed by atoms with Gasteiger partial charge in [-0.2, -0.15) is 0 Å². The number of benzene rings is 3. The first-order valence-electron chi connectivity index (χ1n) is 8.27. The molecule has 3 aromatic carbocycles. The van der Waals surface area contributed by atoms with Crippen LogP contribution in [0.1, 0.15) is 19.4 Å². The van der Waals surface area contributed by atoms with E-state index in [1.807, 2.05) is 0 Å². The van der Waals surface area contributed by atoms with E-state index in [1.54, 1.807) is 0 Å². The zero-order valence-corrected chi connectivity index (χ0v) is 15.2. The molecule has 0 radical (unpaired) electrons. The fourth-order valence-electron chi connectivity index (χ4n) is 2.70. The van der Waals surface area contributed by atoms with Crippen molar-refractivity contribution in [1.82, 2.24) is 0 Å². The first-order chi connectivity index (χ1) is 11.6. The number of hydrogen-bond acceptors (Lipinski definition) is 1. The zero-order valence-electron chi connectivity index (χ0n) is 14.4. The lowest BCUT2D eigenvalue weighted by molar-refractivity contribution is 0.242. The highest BCUT2D eigenvalue weighted by Gasteiger charge is 2.30. The molecule has 24 heavy (non-hydrogen) atoms. The number of ether oxygens (including phenoxy) is 1. The Morgan fingerprint density at radius 3 is 1.75 bits per heavy atom. The predicted octanol–water partition coefficient (Wildman–Crippen LogP) is 5.88. The molecule has 3 aromatic rings. The molecule has 3 rings (SSSR count). The first kappa shape index (κ1) is 16.7. The van der Waals surface area contributed by atoms with Gasteiger partial charge in [0.2, 0.25) is 0 Å². The minimum atomic E-state index is -0.103. The van der Waals surface area contributed by atoms with Crippen molar-refractivity contribution in [3.63, 3.8) is 0 Å². The fourth-order valence-corrected chi connectivity index (χ4v) is 4.92. The molecule has 0 aliphatic heterocycles. The van der Waals surface area contributed by atoms with Gasteiger partial charge < -0.3 is 4.74 Å². The van der Waals surface area contributed by atoms with Crippen molar-refractivity contribution in [2.24, 2.45) is 0 Å². The van der Waals surface area contributed by atoms with Crippen molar-refractivity contribution < 1.29 is 4.74 Å². The lowest BCUT2D eigenvalue weighted by Crippen LogP contribution is -2.08. The summed E-state index contributed by atoms with van der Waals surface area (Å²) < 4.78 is 5.84. The SMILES string of the molecule is Cc1cc(OC(C)C)ccc1[S+](c1ccccc1)c1ccccc1. The largest absolute Gasteiger partial charge is 0.491 e. The highest BCUT2D eigenvalue weighted by Crippen LogP contribution is 2.34. The molecule has 0 bridgehead atoms. The molecule has 0 N–H and O–H groups in total. The van der Waals surface area contributed by atoms with Crippen molar-refractivity contribution in [2.45, 2.75) is 41.6 Å². The normalized spacial score (nSPS) is 11.0. The fraction of sp³-hybridized carbons (Fsp3) is 0.182. The number of rotatable bonds is 5. The molecule has 1 nitrogen and oxygen atoms in total. The molecule has 0 atom stereocenters. The average molecular weight is 335 g/mol. The van der Waals surface area contributed by atoms with Gasteiger partial charge in [-0.1, -0.05) is 36.4 Å². The highest BCUT2D eigenvalue weighted by atomic mass is 32.2. The molecule has 0 amide bonds. The van der Waals surface area contributed by atoms with Gasteiger partial charge in [0, 0.05) is 5.56 Å². The van der Waals surface area contributed by atoms with Gasteiger partial charge in [0.15, 0.2) is 14.7 Å².